The van der Waals surface area contributed by atoms with E-state index in [0.717, 1.165) is 29.8 Å². The third-order valence-corrected chi connectivity index (χ3v) is 4.82. The average Bonchev–Trinajstić information content (AvgIpc) is 3.12. The zero-order valence-corrected chi connectivity index (χ0v) is 16.0. The normalized spacial score (nSPS) is 18.1. The van der Waals surface area contributed by atoms with Crippen molar-refractivity contribution in [2.24, 2.45) is 4.99 Å². The number of amidine groups is 1. The summed E-state index contributed by atoms with van der Waals surface area (Å²) in [6, 6.07) is 22.7. The third kappa shape index (κ3) is 4.57. The molecule has 1 heterocycles. The van der Waals surface area contributed by atoms with Crippen molar-refractivity contribution in [1.29, 1.82) is 0 Å². The first-order valence-electron chi connectivity index (χ1n) is 9.07. The molecule has 0 saturated heterocycles. The molecule has 0 aliphatic carbocycles. The molecule has 0 amide bonds. The first-order chi connectivity index (χ1) is 13.2. The molecular formula is C23H21ClF2N2. The summed E-state index contributed by atoms with van der Waals surface area (Å²) < 4.78 is 27.5. The molecule has 4 rings (SSSR count). The Morgan fingerprint density at radius 1 is 0.750 bits per heavy atom. The Morgan fingerprint density at radius 3 is 2.07 bits per heavy atom. The lowest BCUT2D eigenvalue weighted by atomic mass is 9.95. The summed E-state index contributed by atoms with van der Waals surface area (Å²) in [6.07, 6.45) is 1.61. The fourth-order valence-electron chi connectivity index (χ4n) is 3.51. The molecule has 0 spiro atoms. The van der Waals surface area contributed by atoms with Crippen molar-refractivity contribution in [3.8, 4) is 0 Å². The molecule has 0 bridgehead atoms. The van der Waals surface area contributed by atoms with Crippen LogP contribution < -0.4 is 5.32 Å². The summed E-state index contributed by atoms with van der Waals surface area (Å²) in [7, 11) is 0. The van der Waals surface area contributed by atoms with Crippen molar-refractivity contribution in [3.05, 3.63) is 107 Å². The van der Waals surface area contributed by atoms with E-state index < -0.39 is 0 Å². The van der Waals surface area contributed by atoms with Crippen LogP contribution in [0.4, 0.5) is 8.78 Å². The van der Waals surface area contributed by atoms with Gasteiger partial charge in [0, 0.05) is 6.42 Å². The highest BCUT2D eigenvalue weighted by molar-refractivity contribution is 5.85. The van der Waals surface area contributed by atoms with Gasteiger partial charge in [0.05, 0.1) is 11.9 Å². The van der Waals surface area contributed by atoms with E-state index in [0.29, 0.717) is 0 Å². The van der Waals surface area contributed by atoms with Crippen molar-refractivity contribution in [3.63, 3.8) is 0 Å². The van der Waals surface area contributed by atoms with Gasteiger partial charge in [0.15, 0.2) is 0 Å². The lowest BCUT2D eigenvalue weighted by Crippen LogP contribution is -2.24. The van der Waals surface area contributed by atoms with Gasteiger partial charge in [0.2, 0.25) is 0 Å². The van der Waals surface area contributed by atoms with Gasteiger partial charge in [-0.25, -0.2) is 8.78 Å². The number of hydrogen-bond acceptors (Lipinski definition) is 2. The van der Waals surface area contributed by atoms with Crippen molar-refractivity contribution >= 4 is 18.2 Å². The number of hydrogen-bond donors (Lipinski definition) is 1. The summed E-state index contributed by atoms with van der Waals surface area (Å²) in [5.74, 6) is 0.283. The van der Waals surface area contributed by atoms with Gasteiger partial charge in [-0.2, -0.15) is 0 Å². The smallest absolute Gasteiger partial charge is 0.123 e. The average molecular weight is 399 g/mol. The molecule has 144 valence electrons. The third-order valence-electron chi connectivity index (χ3n) is 4.82. The minimum atomic E-state index is -0.293. The van der Waals surface area contributed by atoms with Crippen LogP contribution in [0, 0.1) is 11.6 Å². The van der Waals surface area contributed by atoms with E-state index in [2.05, 4.69) is 17.4 Å². The Labute approximate surface area is 169 Å². The molecule has 28 heavy (non-hydrogen) atoms. The summed E-state index contributed by atoms with van der Waals surface area (Å²) in [6.45, 7) is 0. The lowest BCUT2D eigenvalue weighted by Gasteiger charge is -2.20. The number of nitrogens with zero attached hydrogens (tertiary/aromatic N) is 1. The molecule has 0 radical (unpaired) electrons. The van der Waals surface area contributed by atoms with E-state index in [1.54, 1.807) is 12.1 Å². The zero-order valence-electron chi connectivity index (χ0n) is 15.2. The van der Waals surface area contributed by atoms with E-state index in [4.69, 9.17) is 4.99 Å². The van der Waals surface area contributed by atoms with E-state index in [1.165, 1.54) is 29.8 Å². The summed E-state index contributed by atoms with van der Waals surface area (Å²) in [5, 5.41) is 3.43. The molecule has 0 unspecified atom stereocenters. The van der Waals surface area contributed by atoms with Crippen molar-refractivity contribution in [2.45, 2.75) is 24.9 Å². The van der Waals surface area contributed by atoms with Gasteiger partial charge < -0.3 is 5.32 Å². The van der Waals surface area contributed by atoms with E-state index in [1.807, 2.05) is 30.3 Å². The highest BCUT2D eigenvalue weighted by atomic mass is 35.5. The van der Waals surface area contributed by atoms with Crippen molar-refractivity contribution in [1.82, 2.24) is 5.32 Å². The van der Waals surface area contributed by atoms with Crippen LogP contribution in [0.3, 0.4) is 0 Å². The summed E-state index contributed by atoms with van der Waals surface area (Å²) >= 11 is 0. The highest BCUT2D eigenvalue weighted by Gasteiger charge is 2.31. The van der Waals surface area contributed by atoms with E-state index in [9.17, 15) is 8.78 Å². The molecule has 5 heteroatoms. The molecule has 1 aliphatic heterocycles. The maximum absolute atomic E-state index is 13.8. The van der Waals surface area contributed by atoms with Gasteiger partial charge in [-0.1, -0.05) is 54.6 Å². The number of aliphatic imine (C=N–C) groups is 1. The van der Waals surface area contributed by atoms with Gasteiger partial charge >= 0.3 is 0 Å². The SMILES string of the molecule is Cl.Fc1cccc([C@H]2N=C(CCc3ccccc3)N[C@H]2c2cccc(F)c2)c1. The quantitative estimate of drug-likeness (QED) is 0.576. The number of benzene rings is 3. The summed E-state index contributed by atoms with van der Waals surface area (Å²) in [4.78, 5) is 4.82. The monoisotopic (exact) mass is 398 g/mol. The van der Waals surface area contributed by atoms with Gasteiger partial charge in [-0.15, -0.1) is 12.4 Å². The topological polar surface area (TPSA) is 24.4 Å². The lowest BCUT2D eigenvalue weighted by molar-refractivity contribution is 0.555. The van der Waals surface area contributed by atoms with Gasteiger partial charge in [-0.05, 0) is 47.4 Å². The minimum Gasteiger partial charge on any atom is -0.364 e. The van der Waals surface area contributed by atoms with Crippen LogP contribution in [-0.2, 0) is 6.42 Å². The molecule has 2 nitrogen and oxygen atoms in total. The number of halogens is 3. The first kappa shape index (κ1) is 20.0. The van der Waals surface area contributed by atoms with Crippen LogP contribution in [0.15, 0.2) is 83.9 Å². The van der Waals surface area contributed by atoms with Crippen molar-refractivity contribution < 1.29 is 8.78 Å². The fourth-order valence-corrected chi connectivity index (χ4v) is 3.51. The Balaban J connectivity index is 0.00000225. The molecule has 3 aromatic carbocycles. The zero-order chi connectivity index (χ0) is 18.6. The Kier molecular flexibility index (Phi) is 6.42. The van der Waals surface area contributed by atoms with Crippen LogP contribution in [0.2, 0.25) is 0 Å². The molecule has 0 saturated carbocycles. The van der Waals surface area contributed by atoms with Crippen LogP contribution in [-0.4, -0.2) is 5.84 Å². The van der Waals surface area contributed by atoms with E-state index >= 15 is 0 Å². The van der Waals surface area contributed by atoms with Crippen LogP contribution >= 0.6 is 12.4 Å². The van der Waals surface area contributed by atoms with E-state index in [-0.39, 0.29) is 36.1 Å². The minimum absolute atomic E-state index is 0. The number of aryl methyl sites for hydroxylation is 1. The maximum atomic E-state index is 13.8. The second-order valence-electron chi connectivity index (χ2n) is 6.74. The van der Waals surface area contributed by atoms with Gasteiger partial charge in [0.25, 0.3) is 0 Å². The molecule has 2 atom stereocenters. The molecular weight excluding hydrogens is 378 g/mol. The van der Waals surface area contributed by atoms with Crippen LogP contribution in [0.1, 0.15) is 35.2 Å². The number of nitrogens with one attached hydrogen (secondary N) is 1. The summed E-state index contributed by atoms with van der Waals surface area (Å²) in [5.41, 5.74) is 2.83. The standard InChI is InChI=1S/C23H20F2N2.ClH/c24-19-10-4-8-17(14-19)22-23(18-9-5-11-20(25)15-18)27-21(26-22)13-12-16-6-2-1-3-7-16;/h1-11,14-15,22-23H,12-13H2,(H,26,27);1H/t22-,23+;. The largest absolute Gasteiger partial charge is 0.364 e. The first-order valence-corrected chi connectivity index (χ1v) is 9.07. The predicted octanol–water partition coefficient (Wildman–Crippen LogP) is 5.80. The fraction of sp³-hybridized carbons (Fsp3) is 0.174. The Bertz CT molecular complexity index is 960. The van der Waals surface area contributed by atoms with Crippen molar-refractivity contribution in [2.75, 3.05) is 0 Å². The Morgan fingerprint density at radius 2 is 1.39 bits per heavy atom. The second kappa shape index (κ2) is 8.98. The predicted molar refractivity (Wildman–Crippen MR) is 111 cm³/mol. The maximum Gasteiger partial charge on any atom is 0.123 e. The molecule has 1 N–H and O–H groups in total. The molecule has 0 aromatic heterocycles. The molecule has 1 aliphatic rings. The Hall–Kier alpha value is -2.72. The van der Waals surface area contributed by atoms with Crippen LogP contribution in [0.5, 0.6) is 0 Å². The second-order valence-corrected chi connectivity index (χ2v) is 6.74. The van der Waals surface area contributed by atoms with Crippen LogP contribution in [0.25, 0.3) is 0 Å². The molecule has 0 fully saturated rings. The molecule has 3 aromatic rings. The van der Waals surface area contributed by atoms with Gasteiger partial charge in [-0.3, -0.25) is 4.99 Å². The number of rotatable bonds is 5. The van der Waals surface area contributed by atoms with Gasteiger partial charge in [0.1, 0.15) is 17.7 Å². The highest BCUT2D eigenvalue weighted by Crippen LogP contribution is 2.37.